The van der Waals surface area contributed by atoms with Crippen molar-refractivity contribution in [2.24, 2.45) is 5.92 Å². The molecule has 3 heterocycles. The summed E-state index contributed by atoms with van der Waals surface area (Å²) in [6, 6.07) is 7.12. The van der Waals surface area contributed by atoms with Crippen molar-refractivity contribution in [2.75, 3.05) is 29.5 Å². The number of halogens is 3. The third-order valence-electron chi connectivity index (χ3n) is 8.23. The number of pyridine rings is 1. The van der Waals surface area contributed by atoms with Crippen LogP contribution in [0.2, 0.25) is 0 Å². The molecule has 1 aromatic carbocycles. The number of carbonyl (C=O) groups is 2. The van der Waals surface area contributed by atoms with Crippen LogP contribution in [-0.4, -0.2) is 63.3 Å². The standard InChI is InChI=1S/C30H34F3N5O4S/c1-5-20-14-21(6-7-25(20)42-13-10-19-8-11-36(12-9-19)18(2)26(39)40)38-28(43)37(27(41)29(38,3)4)22-15-23(30(31,32)33)24(16-34)35-17-22/h6-7,14-15,17-19H,5,8-13H2,1-4H3,(H,39,40). The molecule has 1 amide bonds. The highest BCUT2D eigenvalue weighted by molar-refractivity contribution is 7.81. The third kappa shape index (κ3) is 6.45. The Hall–Kier alpha value is -3.76. The molecule has 0 spiro atoms. The largest absolute Gasteiger partial charge is 0.493 e. The minimum atomic E-state index is -4.84. The van der Waals surface area contributed by atoms with Gasteiger partial charge in [0.15, 0.2) is 10.8 Å². The second kappa shape index (κ2) is 12.5. The number of rotatable bonds is 9. The lowest BCUT2D eigenvalue weighted by molar-refractivity contribution is -0.143. The van der Waals surface area contributed by atoms with Gasteiger partial charge in [0.05, 0.1) is 24.1 Å². The van der Waals surface area contributed by atoms with E-state index in [2.05, 4.69) is 4.98 Å². The van der Waals surface area contributed by atoms with Gasteiger partial charge < -0.3 is 14.7 Å². The Kier molecular flexibility index (Phi) is 9.32. The second-order valence-electron chi connectivity index (χ2n) is 11.3. The number of aliphatic carboxylic acids is 1. The van der Waals surface area contributed by atoms with Crippen molar-refractivity contribution < 1.29 is 32.6 Å². The van der Waals surface area contributed by atoms with Crippen LogP contribution in [0.15, 0.2) is 30.5 Å². The number of carboxylic acid groups (broad SMARTS) is 1. The normalized spacial score (nSPS) is 18.6. The summed E-state index contributed by atoms with van der Waals surface area (Å²) in [5, 5.41) is 18.3. The lowest BCUT2D eigenvalue weighted by Gasteiger charge is -2.34. The van der Waals surface area contributed by atoms with Crippen molar-refractivity contribution in [3.63, 3.8) is 0 Å². The van der Waals surface area contributed by atoms with E-state index >= 15 is 0 Å². The summed E-state index contributed by atoms with van der Waals surface area (Å²) in [5.41, 5.74) is -1.94. The molecule has 0 saturated carbocycles. The van der Waals surface area contributed by atoms with E-state index in [1.54, 1.807) is 31.7 Å². The molecule has 0 bridgehead atoms. The first-order chi connectivity index (χ1) is 20.2. The summed E-state index contributed by atoms with van der Waals surface area (Å²) in [6.45, 7) is 8.94. The van der Waals surface area contributed by atoms with Crippen LogP contribution >= 0.6 is 12.2 Å². The number of piperidine rings is 1. The molecule has 0 aliphatic carbocycles. The average Bonchev–Trinajstić information content (AvgIpc) is 3.14. The molecule has 2 aliphatic rings. The van der Waals surface area contributed by atoms with E-state index in [1.165, 1.54) is 6.07 Å². The second-order valence-corrected chi connectivity index (χ2v) is 11.7. The fourth-order valence-electron chi connectivity index (χ4n) is 5.58. The van der Waals surface area contributed by atoms with E-state index < -0.39 is 40.9 Å². The summed E-state index contributed by atoms with van der Waals surface area (Å²) in [7, 11) is 0. The molecule has 2 saturated heterocycles. The van der Waals surface area contributed by atoms with Gasteiger partial charge in [-0.2, -0.15) is 18.4 Å². The Balaban J connectivity index is 1.49. The first-order valence-electron chi connectivity index (χ1n) is 14.1. The summed E-state index contributed by atoms with van der Waals surface area (Å²) in [5.74, 6) is -0.204. The van der Waals surface area contributed by atoms with E-state index in [9.17, 15) is 27.9 Å². The molecule has 0 radical (unpaired) electrons. The number of amides is 1. The SMILES string of the molecule is CCc1cc(N2C(=S)N(c3cnc(C#N)c(C(F)(F)F)c3)C(=O)C2(C)C)ccc1OCCC1CCN(C(C)C(=O)O)CC1. The van der Waals surface area contributed by atoms with Crippen LogP contribution in [0.3, 0.4) is 0 Å². The number of likely N-dealkylation sites (tertiary alicyclic amines) is 1. The maximum atomic E-state index is 13.6. The number of nitriles is 1. The van der Waals surface area contributed by atoms with E-state index in [-0.39, 0.29) is 10.8 Å². The number of anilines is 2. The minimum absolute atomic E-state index is 0.00564. The maximum Gasteiger partial charge on any atom is 0.419 e. The fraction of sp³-hybridized carbons (Fsp3) is 0.500. The number of thiocarbonyl (C=S) groups is 1. The number of alkyl halides is 3. The average molecular weight is 618 g/mol. The van der Waals surface area contributed by atoms with Gasteiger partial charge in [0.25, 0.3) is 5.91 Å². The van der Waals surface area contributed by atoms with Crippen LogP contribution in [-0.2, 0) is 22.2 Å². The van der Waals surface area contributed by atoms with Crippen LogP contribution < -0.4 is 14.5 Å². The summed E-state index contributed by atoms with van der Waals surface area (Å²) < 4.78 is 47.0. The van der Waals surface area contributed by atoms with Gasteiger partial charge in [-0.15, -0.1) is 0 Å². The van der Waals surface area contributed by atoms with Gasteiger partial charge in [-0.05, 0) is 108 Å². The Morgan fingerprint density at radius 2 is 1.93 bits per heavy atom. The quantitative estimate of drug-likeness (QED) is 0.370. The van der Waals surface area contributed by atoms with Crippen molar-refractivity contribution in [3.8, 4) is 11.8 Å². The number of hydrogen-bond donors (Lipinski definition) is 1. The van der Waals surface area contributed by atoms with Gasteiger partial charge in [0.1, 0.15) is 23.4 Å². The van der Waals surface area contributed by atoms with Crippen molar-refractivity contribution in [2.45, 2.75) is 71.1 Å². The highest BCUT2D eigenvalue weighted by Crippen LogP contribution is 2.40. The molecule has 43 heavy (non-hydrogen) atoms. The number of carboxylic acids is 1. The number of hydrogen-bond acceptors (Lipinski definition) is 7. The highest BCUT2D eigenvalue weighted by atomic mass is 32.1. The highest BCUT2D eigenvalue weighted by Gasteiger charge is 2.51. The minimum Gasteiger partial charge on any atom is -0.493 e. The summed E-state index contributed by atoms with van der Waals surface area (Å²) in [4.78, 5) is 33.0. The Morgan fingerprint density at radius 1 is 1.26 bits per heavy atom. The predicted octanol–water partition coefficient (Wildman–Crippen LogP) is 5.41. The molecule has 1 aromatic heterocycles. The summed E-state index contributed by atoms with van der Waals surface area (Å²) in [6.07, 6.45) is -0.511. The van der Waals surface area contributed by atoms with Crippen LogP contribution in [0, 0.1) is 17.2 Å². The smallest absolute Gasteiger partial charge is 0.419 e. The van der Waals surface area contributed by atoms with Gasteiger partial charge in [-0.25, -0.2) is 4.98 Å². The number of benzene rings is 1. The monoisotopic (exact) mass is 617 g/mol. The first kappa shape index (κ1) is 32.2. The molecular weight excluding hydrogens is 583 g/mol. The van der Waals surface area contributed by atoms with Gasteiger partial charge in [-0.3, -0.25) is 19.4 Å². The Morgan fingerprint density at radius 3 is 2.51 bits per heavy atom. The Bertz CT molecular complexity index is 1450. The molecule has 2 fully saturated rings. The van der Waals surface area contributed by atoms with Crippen molar-refractivity contribution in [1.82, 2.24) is 9.88 Å². The fourth-order valence-corrected chi connectivity index (χ4v) is 6.10. The van der Waals surface area contributed by atoms with Crippen molar-refractivity contribution in [3.05, 3.63) is 47.3 Å². The number of aryl methyl sites for hydroxylation is 1. The zero-order chi connectivity index (χ0) is 31.7. The number of nitrogens with zero attached hydrogens (tertiary/aromatic N) is 5. The van der Waals surface area contributed by atoms with E-state index in [0.29, 0.717) is 30.4 Å². The van der Waals surface area contributed by atoms with Crippen LogP contribution in [0.25, 0.3) is 0 Å². The van der Waals surface area contributed by atoms with E-state index in [1.807, 2.05) is 24.0 Å². The number of ether oxygens (including phenoxy) is 1. The van der Waals surface area contributed by atoms with Crippen LogP contribution in [0.1, 0.15) is 63.8 Å². The Labute approximate surface area is 253 Å². The molecule has 2 aromatic rings. The van der Waals surface area contributed by atoms with Crippen LogP contribution in [0.5, 0.6) is 5.75 Å². The number of carbonyl (C=O) groups excluding carboxylic acids is 1. The maximum absolute atomic E-state index is 13.6. The predicted molar refractivity (Wildman–Crippen MR) is 158 cm³/mol. The van der Waals surface area contributed by atoms with E-state index in [0.717, 1.165) is 55.1 Å². The summed E-state index contributed by atoms with van der Waals surface area (Å²) >= 11 is 5.63. The molecule has 9 nitrogen and oxygen atoms in total. The molecular formula is C30H34F3N5O4S. The molecule has 230 valence electrons. The zero-order valence-corrected chi connectivity index (χ0v) is 25.3. The van der Waals surface area contributed by atoms with Gasteiger partial charge in [-0.1, -0.05) is 6.92 Å². The molecule has 2 aliphatic heterocycles. The third-order valence-corrected chi connectivity index (χ3v) is 8.60. The van der Waals surface area contributed by atoms with E-state index in [4.69, 9.17) is 22.2 Å². The van der Waals surface area contributed by atoms with Gasteiger partial charge in [0, 0.05) is 5.69 Å². The number of aromatic nitrogens is 1. The zero-order valence-electron chi connectivity index (χ0n) is 24.4. The van der Waals surface area contributed by atoms with Crippen molar-refractivity contribution in [1.29, 1.82) is 5.26 Å². The van der Waals surface area contributed by atoms with Gasteiger partial charge in [0.2, 0.25) is 0 Å². The molecule has 4 rings (SSSR count). The lowest BCUT2D eigenvalue weighted by Crippen LogP contribution is -2.44. The molecule has 1 unspecified atom stereocenters. The molecule has 13 heteroatoms. The lowest BCUT2D eigenvalue weighted by atomic mass is 9.93. The topological polar surface area (TPSA) is 110 Å². The molecule has 1 N–H and O–H groups in total. The van der Waals surface area contributed by atoms with Crippen molar-refractivity contribution >= 4 is 40.6 Å². The first-order valence-corrected chi connectivity index (χ1v) is 14.5. The van der Waals surface area contributed by atoms with Crippen LogP contribution in [0.4, 0.5) is 24.5 Å². The molecule has 1 atom stereocenters. The van der Waals surface area contributed by atoms with Gasteiger partial charge >= 0.3 is 12.1 Å².